The third-order valence-electron chi connectivity index (χ3n) is 4.57. The van der Waals surface area contributed by atoms with Crippen LogP contribution in [0.2, 0.25) is 0 Å². The number of thioether (sulfide) groups is 1. The SMILES string of the molecule is Cc1nc(SCC(=O)c2ccc(CC(=O)N3CCOCC3)s2)nc(C)c1C. The zero-order valence-electron chi connectivity index (χ0n) is 15.8. The molecule has 3 heterocycles. The minimum Gasteiger partial charge on any atom is -0.378 e. The highest BCUT2D eigenvalue weighted by Gasteiger charge is 2.19. The van der Waals surface area contributed by atoms with Crippen molar-refractivity contribution in [2.24, 2.45) is 0 Å². The molecule has 2 aromatic heterocycles. The molecule has 27 heavy (non-hydrogen) atoms. The maximum atomic E-state index is 12.5. The van der Waals surface area contributed by atoms with Crippen LogP contribution in [0.1, 0.15) is 31.5 Å². The molecule has 1 amide bonds. The Bertz CT molecular complexity index is 821. The zero-order chi connectivity index (χ0) is 19.4. The molecule has 6 nitrogen and oxygen atoms in total. The molecule has 0 bridgehead atoms. The summed E-state index contributed by atoms with van der Waals surface area (Å²) in [6.45, 7) is 8.37. The number of amides is 1. The smallest absolute Gasteiger partial charge is 0.227 e. The summed E-state index contributed by atoms with van der Waals surface area (Å²) in [4.78, 5) is 37.1. The van der Waals surface area contributed by atoms with Crippen LogP contribution in [0.3, 0.4) is 0 Å². The van der Waals surface area contributed by atoms with Crippen molar-refractivity contribution in [2.75, 3.05) is 32.1 Å². The zero-order valence-corrected chi connectivity index (χ0v) is 17.4. The molecule has 1 saturated heterocycles. The van der Waals surface area contributed by atoms with Crippen molar-refractivity contribution in [2.45, 2.75) is 32.3 Å². The Hall–Kier alpha value is -1.77. The molecule has 1 aliphatic heterocycles. The highest BCUT2D eigenvalue weighted by Crippen LogP contribution is 2.23. The Morgan fingerprint density at radius 1 is 1.15 bits per heavy atom. The maximum Gasteiger partial charge on any atom is 0.227 e. The van der Waals surface area contributed by atoms with Gasteiger partial charge in [0.1, 0.15) is 0 Å². The Morgan fingerprint density at radius 2 is 1.81 bits per heavy atom. The molecule has 2 aromatic rings. The van der Waals surface area contributed by atoms with Crippen molar-refractivity contribution in [1.82, 2.24) is 14.9 Å². The van der Waals surface area contributed by atoms with E-state index in [9.17, 15) is 9.59 Å². The monoisotopic (exact) mass is 405 g/mol. The van der Waals surface area contributed by atoms with Crippen LogP contribution in [0.25, 0.3) is 0 Å². The molecule has 3 rings (SSSR count). The molecule has 1 fully saturated rings. The van der Waals surface area contributed by atoms with Crippen LogP contribution >= 0.6 is 23.1 Å². The second-order valence-electron chi connectivity index (χ2n) is 6.45. The highest BCUT2D eigenvalue weighted by molar-refractivity contribution is 7.99. The third-order valence-corrected chi connectivity index (χ3v) is 6.54. The van der Waals surface area contributed by atoms with E-state index in [4.69, 9.17) is 4.74 Å². The van der Waals surface area contributed by atoms with Crippen molar-refractivity contribution >= 4 is 34.8 Å². The number of morpholine rings is 1. The van der Waals surface area contributed by atoms with Gasteiger partial charge in [-0.2, -0.15) is 0 Å². The number of aryl methyl sites for hydroxylation is 2. The lowest BCUT2D eigenvalue weighted by Gasteiger charge is -2.26. The summed E-state index contributed by atoms with van der Waals surface area (Å²) in [6.07, 6.45) is 0.338. The van der Waals surface area contributed by atoms with E-state index in [0.29, 0.717) is 48.5 Å². The van der Waals surface area contributed by atoms with Gasteiger partial charge in [-0.25, -0.2) is 9.97 Å². The van der Waals surface area contributed by atoms with E-state index in [-0.39, 0.29) is 11.7 Å². The van der Waals surface area contributed by atoms with E-state index in [1.54, 1.807) is 0 Å². The fourth-order valence-corrected chi connectivity index (χ4v) is 4.55. The molecule has 0 N–H and O–H groups in total. The lowest BCUT2D eigenvalue weighted by atomic mass is 10.2. The number of carbonyl (C=O) groups excluding carboxylic acids is 2. The van der Waals surface area contributed by atoms with E-state index >= 15 is 0 Å². The van der Waals surface area contributed by atoms with Gasteiger partial charge >= 0.3 is 0 Å². The van der Waals surface area contributed by atoms with Gasteiger partial charge in [0.25, 0.3) is 0 Å². The fourth-order valence-electron chi connectivity index (χ4n) is 2.70. The lowest BCUT2D eigenvalue weighted by Crippen LogP contribution is -2.41. The van der Waals surface area contributed by atoms with Gasteiger partial charge in [-0.1, -0.05) is 11.8 Å². The molecule has 0 radical (unpaired) electrons. The first-order chi connectivity index (χ1) is 12.9. The Labute approximate surface area is 167 Å². The van der Waals surface area contributed by atoms with E-state index in [1.807, 2.05) is 37.8 Å². The predicted molar refractivity (Wildman–Crippen MR) is 107 cm³/mol. The molecule has 8 heteroatoms. The number of hydrogen-bond acceptors (Lipinski definition) is 7. The molecule has 1 aliphatic rings. The minimum atomic E-state index is 0.0366. The van der Waals surface area contributed by atoms with Crippen molar-refractivity contribution in [3.8, 4) is 0 Å². The number of ketones is 1. The van der Waals surface area contributed by atoms with E-state index in [1.165, 1.54) is 23.1 Å². The number of ether oxygens (including phenoxy) is 1. The number of aromatic nitrogens is 2. The second-order valence-corrected chi connectivity index (χ2v) is 8.56. The summed E-state index contributed by atoms with van der Waals surface area (Å²) in [5, 5.41) is 0.628. The van der Waals surface area contributed by atoms with Crippen LogP contribution in [0.15, 0.2) is 17.3 Å². The average Bonchev–Trinajstić information content (AvgIpc) is 3.13. The second kappa shape index (κ2) is 8.95. The number of rotatable bonds is 6. The van der Waals surface area contributed by atoms with Crippen molar-refractivity contribution in [3.63, 3.8) is 0 Å². The van der Waals surface area contributed by atoms with Crippen LogP contribution in [0.5, 0.6) is 0 Å². The van der Waals surface area contributed by atoms with Gasteiger partial charge in [-0.05, 0) is 38.5 Å². The molecule has 0 unspecified atom stereocenters. The van der Waals surface area contributed by atoms with Crippen LogP contribution < -0.4 is 0 Å². The molecular weight excluding hydrogens is 382 g/mol. The number of hydrogen-bond donors (Lipinski definition) is 0. The van der Waals surface area contributed by atoms with Crippen molar-refractivity contribution in [3.05, 3.63) is 38.8 Å². The molecule has 0 atom stereocenters. The average molecular weight is 406 g/mol. The number of nitrogens with zero attached hydrogens (tertiary/aromatic N) is 3. The summed E-state index contributed by atoms with van der Waals surface area (Å²) in [6, 6.07) is 3.68. The van der Waals surface area contributed by atoms with Gasteiger partial charge < -0.3 is 9.64 Å². The highest BCUT2D eigenvalue weighted by atomic mass is 32.2. The maximum absolute atomic E-state index is 12.5. The first-order valence-electron chi connectivity index (χ1n) is 8.86. The van der Waals surface area contributed by atoms with Crippen LogP contribution in [0.4, 0.5) is 0 Å². The summed E-state index contributed by atoms with van der Waals surface area (Å²) < 4.78 is 5.27. The summed E-state index contributed by atoms with van der Waals surface area (Å²) in [7, 11) is 0. The number of carbonyl (C=O) groups is 2. The minimum absolute atomic E-state index is 0.0366. The van der Waals surface area contributed by atoms with Gasteiger partial charge in [0.15, 0.2) is 10.9 Å². The van der Waals surface area contributed by atoms with Gasteiger partial charge in [-0.3, -0.25) is 9.59 Å². The Morgan fingerprint density at radius 3 is 2.48 bits per heavy atom. The van der Waals surface area contributed by atoms with E-state index < -0.39 is 0 Å². The van der Waals surface area contributed by atoms with Gasteiger partial charge in [0.2, 0.25) is 5.91 Å². The molecular formula is C19H23N3O3S2. The summed E-state index contributed by atoms with van der Waals surface area (Å²) >= 11 is 2.75. The molecule has 144 valence electrons. The van der Waals surface area contributed by atoms with Crippen LogP contribution in [-0.4, -0.2) is 58.6 Å². The van der Waals surface area contributed by atoms with E-state index in [0.717, 1.165) is 21.8 Å². The Kier molecular flexibility index (Phi) is 6.62. The molecule has 0 aliphatic carbocycles. The topological polar surface area (TPSA) is 72.4 Å². The van der Waals surface area contributed by atoms with Gasteiger partial charge in [0.05, 0.1) is 30.3 Å². The van der Waals surface area contributed by atoms with Crippen molar-refractivity contribution in [1.29, 1.82) is 0 Å². The van der Waals surface area contributed by atoms with Crippen molar-refractivity contribution < 1.29 is 14.3 Å². The van der Waals surface area contributed by atoms with E-state index in [2.05, 4.69) is 9.97 Å². The summed E-state index contributed by atoms with van der Waals surface area (Å²) in [5.41, 5.74) is 2.97. The quantitative estimate of drug-likeness (QED) is 0.418. The standard InChI is InChI=1S/C19H23N3O3S2/c1-12-13(2)20-19(21-14(12)3)26-11-16(23)17-5-4-15(27-17)10-18(24)22-6-8-25-9-7-22/h4-5H,6-11H2,1-3H3. The Balaban J connectivity index is 1.56. The third kappa shape index (κ3) is 5.15. The predicted octanol–water partition coefficient (Wildman–Crippen LogP) is 2.84. The van der Waals surface area contributed by atoms with Crippen LogP contribution in [0, 0.1) is 20.8 Å². The van der Waals surface area contributed by atoms with Gasteiger partial charge in [0, 0.05) is 29.4 Å². The number of thiophene rings is 1. The summed E-state index contributed by atoms with van der Waals surface area (Å²) in [5.74, 6) is 0.418. The molecule has 0 aromatic carbocycles. The largest absolute Gasteiger partial charge is 0.378 e. The lowest BCUT2D eigenvalue weighted by molar-refractivity contribution is -0.134. The van der Waals surface area contributed by atoms with Gasteiger partial charge in [-0.15, -0.1) is 11.3 Å². The number of Topliss-reactive ketones (excluding diaryl/α,β-unsaturated/α-hetero) is 1. The first kappa shape index (κ1) is 20.0. The molecule has 0 spiro atoms. The first-order valence-corrected chi connectivity index (χ1v) is 10.7. The fraction of sp³-hybridized carbons (Fsp3) is 0.474. The van der Waals surface area contributed by atoms with Crippen LogP contribution in [-0.2, 0) is 16.0 Å². The normalized spacial score (nSPS) is 14.4. The molecule has 0 saturated carbocycles.